The van der Waals surface area contributed by atoms with Gasteiger partial charge in [-0.25, -0.2) is 0 Å². The van der Waals surface area contributed by atoms with Crippen LogP contribution in [-0.4, -0.2) is 17.0 Å². The Balaban J connectivity index is 2.05. The topological polar surface area (TPSA) is 24.4 Å². The van der Waals surface area contributed by atoms with Crippen LogP contribution in [0.4, 0.5) is 0 Å². The lowest BCUT2D eigenvalue weighted by molar-refractivity contribution is 0.315. The summed E-state index contributed by atoms with van der Waals surface area (Å²) >= 11 is 5.31. The van der Waals surface area contributed by atoms with Gasteiger partial charge in [0.1, 0.15) is 0 Å². The van der Waals surface area contributed by atoms with Crippen molar-refractivity contribution in [3.05, 3.63) is 34.3 Å². The summed E-state index contributed by atoms with van der Waals surface area (Å²) in [5.41, 5.74) is 1.53. The van der Waals surface area contributed by atoms with Crippen LogP contribution in [0.15, 0.2) is 33.7 Å². The summed E-state index contributed by atoms with van der Waals surface area (Å²) in [6.45, 7) is 9.00. The molecule has 0 aliphatic carbocycles. The van der Waals surface area contributed by atoms with Gasteiger partial charge in [0.25, 0.3) is 0 Å². The van der Waals surface area contributed by atoms with Crippen LogP contribution in [0.25, 0.3) is 0 Å². The van der Waals surface area contributed by atoms with Crippen molar-refractivity contribution in [3.8, 4) is 0 Å². The molecule has 0 saturated carbocycles. The number of thioether (sulfide) groups is 1. The summed E-state index contributed by atoms with van der Waals surface area (Å²) in [5, 5.41) is 4.64. The van der Waals surface area contributed by atoms with E-state index in [4.69, 9.17) is 4.99 Å². The number of halogens is 1. The Labute approximate surface area is 135 Å². The predicted molar refractivity (Wildman–Crippen MR) is 93.4 cm³/mol. The van der Waals surface area contributed by atoms with Crippen LogP contribution in [0.3, 0.4) is 0 Å². The SMILES string of the molecule is CC(NC1=NC(C(C)(C)C)CCS1)c1ccc(Br)cc1. The van der Waals surface area contributed by atoms with Crippen LogP contribution in [0.1, 0.15) is 45.7 Å². The molecule has 20 heavy (non-hydrogen) atoms. The van der Waals surface area contributed by atoms with Gasteiger partial charge in [0.15, 0.2) is 5.17 Å². The third-order valence-electron chi connectivity index (χ3n) is 3.61. The molecular weight excluding hydrogens is 332 g/mol. The van der Waals surface area contributed by atoms with Gasteiger partial charge in [-0.1, -0.05) is 60.6 Å². The zero-order valence-corrected chi connectivity index (χ0v) is 15.0. The van der Waals surface area contributed by atoms with Crippen molar-refractivity contribution in [2.75, 3.05) is 5.75 Å². The summed E-state index contributed by atoms with van der Waals surface area (Å²) in [4.78, 5) is 4.90. The van der Waals surface area contributed by atoms with Gasteiger partial charge in [-0.2, -0.15) is 0 Å². The summed E-state index contributed by atoms with van der Waals surface area (Å²) in [5.74, 6) is 1.15. The Morgan fingerprint density at radius 1 is 1.30 bits per heavy atom. The summed E-state index contributed by atoms with van der Waals surface area (Å²) in [6, 6.07) is 9.17. The van der Waals surface area contributed by atoms with Crippen molar-refractivity contribution in [2.24, 2.45) is 10.4 Å². The van der Waals surface area contributed by atoms with Gasteiger partial charge in [-0.05, 0) is 36.5 Å². The monoisotopic (exact) mass is 354 g/mol. The largest absolute Gasteiger partial charge is 0.358 e. The van der Waals surface area contributed by atoms with E-state index in [1.807, 2.05) is 11.8 Å². The maximum absolute atomic E-state index is 4.90. The molecule has 1 aromatic carbocycles. The molecule has 1 aliphatic rings. The number of hydrogen-bond donors (Lipinski definition) is 1. The molecule has 0 radical (unpaired) electrons. The molecule has 0 fully saturated rings. The van der Waals surface area contributed by atoms with E-state index < -0.39 is 0 Å². The summed E-state index contributed by atoms with van der Waals surface area (Å²) in [7, 11) is 0. The molecule has 110 valence electrons. The third kappa shape index (κ3) is 4.26. The minimum Gasteiger partial charge on any atom is -0.358 e. The number of rotatable bonds is 2. The third-order valence-corrected chi connectivity index (χ3v) is 5.08. The first-order chi connectivity index (χ1) is 9.36. The predicted octanol–water partition coefficient (Wildman–Crippen LogP) is 5.01. The normalized spacial score (nSPS) is 21.2. The highest BCUT2D eigenvalue weighted by Crippen LogP contribution is 2.30. The zero-order chi connectivity index (χ0) is 14.8. The Morgan fingerprint density at radius 2 is 1.95 bits per heavy atom. The standard InChI is InChI=1S/C16H23BrN2S/c1-11(12-5-7-13(17)8-6-12)18-15-19-14(9-10-20-15)16(2,3)4/h5-8,11,14H,9-10H2,1-4H3,(H,18,19). The van der Waals surface area contributed by atoms with Gasteiger partial charge in [-0.3, -0.25) is 4.99 Å². The second-order valence-corrected chi connectivity index (χ2v) is 8.37. The van der Waals surface area contributed by atoms with Crippen LogP contribution in [0.2, 0.25) is 0 Å². The van der Waals surface area contributed by atoms with E-state index in [1.54, 1.807) is 0 Å². The Kier molecular flexibility index (Phi) is 5.19. The lowest BCUT2D eigenvalue weighted by atomic mass is 9.85. The average molecular weight is 355 g/mol. The molecule has 2 atom stereocenters. The van der Waals surface area contributed by atoms with Gasteiger partial charge in [0.2, 0.25) is 0 Å². The first kappa shape index (κ1) is 15.9. The van der Waals surface area contributed by atoms with Gasteiger partial charge in [-0.15, -0.1) is 0 Å². The second-order valence-electron chi connectivity index (χ2n) is 6.37. The number of hydrogen-bond acceptors (Lipinski definition) is 3. The molecule has 2 nitrogen and oxygen atoms in total. The molecular formula is C16H23BrN2S. The van der Waals surface area contributed by atoms with E-state index in [1.165, 1.54) is 12.0 Å². The van der Waals surface area contributed by atoms with Gasteiger partial charge >= 0.3 is 0 Å². The fourth-order valence-corrected chi connectivity index (χ4v) is 3.50. The Morgan fingerprint density at radius 3 is 2.55 bits per heavy atom. The fraction of sp³-hybridized carbons (Fsp3) is 0.562. The minimum atomic E-state index is 0.245. The lowest BCUT2D eigenvalue weighted by Crippen LogP contribution is -2.34. The number of aliphatic imine (C=N–C) groups is 1. The summed E-state index contributed by atoms with van der Waals surface area (Å²) < 4.78 is 1.12. The average Bonchev–Trinajstić information content (AvgIpc) is 2.38. The van der Waals surface area contributed by atoms with E-state index in [0.29, 0.717) is 6.04 Å². The second kappa shape index (κ2) is 6.52. The van der Waals surface area contributed by atoms with Crippen LogP contribution in [0, 0.1) is 5.41 Å². The van der Waals surface area contributed by atoms with E-state index in [-0.39, 0.29) is 11.5 Å². The Hall–Kier alpha value is -0.480. The highest BCUT2D eigenvalue weighted by molar-refractivity contribution is 9.10. The smallest absolute Gasteiger partial charge is 0.157 e. The number of amidine groups is 1. The molecule has 0 amide bonds. The molecule has 1 aromatic rings. The molecule has 1 aliphatic heterocycles. The number of nitrogens with zero attached hydrogens (tertiary/aromatic N) is 1. The number of benzene rings is 1. The van der Waals surface area contributed by atoms with Crippen molar-refractivity contribution in [2.45, 2.75) is 46.2 Å². The first-order valence-corrected chi connectivity index (χ1v) is 8.87. The fourth-order valence-electron chi connectivity index (χ4n) is 2.24. The molecule has 2 rings (SSSR count). The molecule has 2 unspecified atom stereocenters. The van der Waals surface area contributed by atoms with Gasteiger partial charge < -0.3 is 5.32 Å². The van der Waals surface area contributed by atoms with Crippen molar-refractivity contribution in [1.82, 2.24) is 5.32 Å². The summed E-state index contributed by atoms with van der Waals surface area (Å²) in [6.07, 6.45) is 1.17. The van der Waals surface area contributed by atoms with Crippen molar-refractivity contribution < 1.29 is 0 Å². The van der Waals surface area contributed by atoms with Crippen molar-refractivity contribution in [1.29, 1.82) is 0 Å². The Bertz CT molecular complexity index is 476. The highest BCUT2D eigenvalue weighted by Gasteiger charge is 2.27. The molecule has 1 heterocycles. The van der Waals surface area contributed by atoms with Crippen LogP contribution in [0.5, 0.6) is 0 Å². The lowest BCUT2D eigenvalue weighted by Gasteiger charge is -2.31. The van der Waals surface area contributed by atoms with E-state index >= 15 is 0 Å². The first-order valence-electron chi connectivity index (χ1n) is 7.09. The minimum absolute atomic E-state index is 0.245. The number of nitrogens with one attached hydrogen (secondary N) is 1. The van der Waals surface area contributed by atoms with Crippen molar-refractivity contribution >= 4 is 32.9 Å². The van der Waals surface area contributed by atoms with Crippen molar-refractivity contribution in [3.63, 3.8) is 0 Å². The highest BCUT2D eigenvalue weighted by atomic mass is 79.9. The molecule has 0 bridgehead atoms. The van der Waals surface area contributed by atoms with Crippen LogP contribution in [-0.2, 0) is 0 Å². The molecule has 0 aromatic heterocycles. The van der Waals surface area contributed by atoms with Gasteiger partial charge in [0.05, 0.1) is 12.1 Å². The maximum Gasteiger partial charge on any atom is 0.157 e. The van der Waals surface area contributed by atoms with Gasteiger partial charge in [0, 0.05) is 10.2 Å². The van der Waals surface area contributed by atoms with E-state index in [0.717, 1.165) is 15.4 Å². The molecule has 1 N–H and O–H groups in total. The van der Waals surface area contributed by atoms with Crippen LogP contribution >= 0.6 is 27.7 Å². The van der Waals surface area contributed by atoms with Crippen LogP contribution < -0.4 is 5.32 Å². The molecule has 0 spiro atoms. The maximum atomic E-state index is 4.90. The van der Waals surface area contributed by atoms with E-state index in [2.05, 4.69) is 73.2 Å². The molecule has 0 saturated heterocycles. The zero-order valence-electron chi connectivity index (χ0n) is 12.6. The van der Waals surface area contributed by atoms with E-state index in [9.17, 15) is 0 Å². The quantitative estimate of drug-likeness (QED) is 0.807. The molecule has 4 heteroatoms.